The Labute approximate surface area is 148 Å². The van der Waals surface area contributed by atoms with E-state index in [0.717, 1.165) is 25.1 Å². The zero-order valence-corrected chi connectivity index (χ0v) is 14.4. The van der Waals surface area contributed by atoms with Crippen LogP contribution in [0.3, 0.4) is 0 Å². The number of amides is 1. The van der Waals surface area contributed by atoms with Crippen LogP contribution in [-0.2, 0) is 4.79 Å². The molecular formula is C21H23FN2O. The van der Waals surface area contributed by atoms with E-state index in [2.05, 4.69) is 28.4 Å². The van der Waals surface area contributed by atoms with Gasteiger partial charge in [0.15, 0.2) is 0 Å². The van der Waals surface area contributed by atoms with Crippen LogP contribution in [-0.4, -0.2) is 30.4 Å². The number of hydrogen-bond donors (Lipinski definition) is 1. The molecule has 1 heterocycles. The molecule has 1 unspecified atom stereocenters. The number of nitrogens with zero attached hydrogens (tertiary/aromatic N) is 1. The maximum atomic E-state index is 13.0. The molecule has 3 nitrogen and oxygen atoms in total. The molecule has 2 aromatic carbocycles. The number of halogens is 1. The molecule has 1 atom stereocenters. The third-order valence-corrected chi connectivity index (χ3v) is 4.55. The Hall–Kier alpha value is -2.46. The number of rotatable bonds is 5. The molecular weight excluding hydrogens is 315 g/mol. The van der Waals surface area contributed by atoms with Crippen LogP contribution in [0.5, 0.6) is 0 Å². The predicted molar refractivity (Wildman–Crippen MR) is 98.4 cm³/mol. The van der Waals surface area contributed by atoms with E-state index in [-0.39, 0.29) is 17.8 Å². The van der Waals surface area contributed by atoms with Gasteiger partial charge in [0.1, 0.15) is 5.82 Å². The van der Waals surface area contributed by atoms with Gasteiger partial charge in [-0.25, -0.2) is 4.39 Å². The van der Waals surface area contributed by atoms with Gasteiger partial charge < -0.3 is 5.32 Å². The lowest BCUT2D eigenvalue weighted by Crippen LogP contribution is -2.40. The van der Waals surface area contributed by atoms with Crippen molar-refractivity contribution in [2.45, 2.75) is 19.4 Å². The van der Waals surface area contributed by atoms with Crippen molar-refractivity contribution < 1.29 is 9.18 Å². The summed E-state index contributed by atoms with van der Waals surface area (Å²) in [6, 6.07) is 16.5. The first-order chi connectivity index (χ1) is 12.1. The van der Waals surface area contributed by atoms with Crippen LogP contribution in [0, 0.1) is 5.82 Å². The second kappa shape index (κ2) is 8.08. The molecule has 1 amide bonds. The fraction of sp³-hybridized carbons (Fsp3) is 0.286. The van der Waals surface area contributed by atoms with Gasteiger partial charge in [0.05, 0.1) is 12.6 Å². The van der Waals surface area contributed by atoms with Crippen molar-refractivity contribution in [2.75, 3.05) is 19.6 Å². The lowest BCUT2D eigenvalue weighted by Gasteiger charge is -2.26. The standard InChI is InChI=1S/C21H23FN2O/c1-16(17-7-9-20(22)10-8-17)23-21(25)15-24-13-11-19(12-14-24)18-5-3-2-4-6-18/h2-11,16H,12-15H2,1H3,(H,23,25). The molecule has 3 rings (SSSR count). The van der Waals surface area contributed by atoms with E-state index >= 15 is 0 Å². The highest BCUT2D eigenvalue weighted by atomic mass is 19.1. The van der Waals surface area contributed by atoms with Crippen LogP contribution in [0.2, 0.25) is 0 Å². The predicted octanol–water partition coefficient (Wildman–Crippen LogP) is 3.79. The monoisotopic (exact) mass is 338 g/mol. The molecule has 2 aromatic rings. The summed E-state index contributed by atoms with van der Waals surface area (Å²) in [5.74, 6) is -0.273. The van der Waals surface area contributed by atoms with Gasteiger partial charge in [-0.2, -0.15) is 0 Å². The summed E-state index contributed by atoms with van der Waals surface area (Å²) in [6.45, 7) is 3.94. The van der Waals surface area contributed by atoms with Crippen molar-refractivity contribution in [3.63, 3.8) is 0 Å². The van der Waals surface area contributed by atoms with Gasteiger partial charge in [-0.15, -0.1) is 0 Å². The molecule has 0 radical (unpaired) electrons. The van der Waals surface area contributed by atoms with Crippen LogP contribution in [0.25, 0.3) is 5.57 Å². The minimum absolute atomic E-state index is 0.00612. The number of benzene rings is 2. The summed E-state index contributed by atoms with van der Waals surface area (Å²) in [5.41, 5.74) is 3.51. The van der Waals surface area contributed by atoms with Crippen molar-refractivity contribution in [3.05, 3.63) is 77.6 Å². The maximum absolute atomic E-state index is 13.0. The lowest BCUT2D eigenvalue weighted by atomic mass is 9.99. The molecule has 0 saturated heterocycles. The summed E-state index contributed by atoms with van der Waals surface area (Å²) in [4.78, 5) is 14.4. The highest BCUT2D eigenvalue weighted by molar-refractivity contribution is 5.78. The Balaban J connectivity index is 1.51. The van der Waals surface area contributed by atoms with Crippen molar-refractivity contribution >= 4 is 11.5 Å². The highest BCUT2D eigenvalue weighted by Gasteiger charge is 2.17. The van der Waals surface area contributed by atoms with Gasteiger partial charge in [-0.05, 0) is 42.2 Å². The number of nitrogens with one attached hydrogen (secondary N) is 1. The molecule has 0 fully saturated rings. The molecule has 1 aliphatic rings. The molecule has 1 aliphatic heterocycles. The van der Waals surface area contributed by atoms with Crippen molar-refractivity contribution in [2.24, 2.45) is 0 Å². The summed E-state index contributed by atoms with van der Waals surface area (Å²) in [5, 5.41) is 2.98. The molecule has 1 N–H and O–H groups in total. The van der Waals surface area contributed by atoms with Gasteiger partial charge in [0.25, 0.3) is 0 Å². The van der Waals surface area contributed by atoms with Gasteiger partial charge in [0, 0.05) is 13.1 Å². The van der Waals surface area contributed by atoms with E-state index in [1.807, 2.05) is 25.1 Å². The van der Waals surface area contributed by atoms with E-state index in [1.54, 1.807) is 12.1 Å². The zero-order chi connectivity index (χ0) is 17.6. The van der Waals surface area contributed by atoms with Crippen LogP contribution in [0.4, 0.5) is 4.39 Å². The minimum atomic E-state index is -0.267. The molecule has 0 saturated carbocycles. The quantitative estimate of drug-likeness (QED) is 0.899. The zero-order valence-electron chi connectivity index (χ0n) is 14.4. The van der Waals surface area contributed by atoms with Gasteiger partial charge in [-0.1, -0.05) is 48.5 Å². The van der Waals surface area contributed by atoms with Crippen LogP contribution in [0.1, 0.15) is 30.5 Å². The third-order valence-electron chi connectivity index (χ3n) is 4.55. The first kappa shape index (κ1) is 17.4. The SMILES string of the molecule is CC(NC(=O)CN1CC=C(c2ccccc2)CC1)c1ccc(F)cc1. The Morgan fingerprint density at radius 1 is 1.16 bits per heavy atom. The fourth-order valence-electron chi connectivity index (χ4n) is 3.09. The van der Waals surface area contributed by atoms with E-state index in [9.17, 15) is 9.18 Å². The highest BCUT2D eigenvalue weighted by Crippen LogP contribution is 2.21. The molecule has 25 heavy (non-hydrogen) atoms. The normalized spacial score (nSPS) is 16.2. The third kappa shape index (κ3) is 4.77. The molecule has 0 spiro atoms. The number of carbonyl (C=O) groups is 1. The lowest BCUT2D eigenvalue weighted by molar-refractivity contribution is -0.122. The summed E-state index contributed by atoms with van der Waals surface area (Å²) >= 11 is 0. The van der Waals surface area contributed by atoms with E-state index < -0.39 is 0 Å². The van der Waals surface area contributed by atoms with Gasteiger partial charge in [-0.3, -0.25) is 9.69 Å². The second-order valence-corrected chi connectivity index (χ2v) is 6.42. The molecule has 0 aromatic heterocycles. The van der Waals surface area contributed by atoms with Gasteiger partial charge >= 0.3 is 0 Å². The van der Waals surface area contributed by atoms with Crippen molar-refractivity contribution in [1.29, 1.82) is 0 Å². The molecule has 4 heteroatoms. The Kier molecular flexibility index (Phi) is 5.61. The van der Waals surface area contributed by atoms with Crippen molar-refractivity contribution in [3.8, 4) is 0 Å². The van der Waals surface area contributed by atoms with E-state index in [1.165, 1.54) is 23.3 Å². The number of carbonyl (C=O) groups excluding carboxylic acids is 1. The topological polar surface area (TPSA) is 32.3 Å². The van der Waals surface area contributed by atoms with E-state index in [0.29, 0.717) is 6.54 Å². The largest absolute Gasteiger partial charge is 0.348 e. The van der Waals surface area contributed by atoms with Crippen LogP contribution >= 0.6 is 0 Å². The first-order valence-electron chi connectivity index (χ1n) is 8.63. The maximum Gasteiger partial charge on any atom is 0.234 e. The Morgan fingerprint density at radius 2 is 1.88 bits per heavy atom. The van der Waals surface area contributed by atoms with Crippen LogP contribution < -0.4 is 5.32 Å². The molecule has 130 valence electrons. The Bertz CT molecular complexity index is 740. The summed E-state index contributed by atoms with van der Waals surface area (Å²) < 4.78 is 13.0. The van der Waals surface area contributed by atoms with E-state index in [4.69, 9.17) is 0 Å². The smallest absolute Gasteiger partial charge is 0.234 e. The average molecular weight is 338 g/mol. The molecule has 0 bridgehead atoms. The fourth-order valence-corrected chi connectivity index (χ4v) is 3.09. The van der Waals surface area contributed by atoms with Crippen molar-refractivity contribution in [1.82, 2.24) is 10.2 Å². The van der Waals surface area contributed by atoms with Gasteiger partial charge in [0.2, 0.25) is 5.91 Å². The first-order valence-corrected chi connectivity index (χ1v) is 8.63. The Morgan fingerprint density at radius 3 is 2.52 bits per heavy atom. The summed E-state index contributed by atoms with van der Waals surface area (Å²) in [6.07, 6.45) is 3.15. The molecule has 0 aliphatic carbocycles. The number of hydrogen-bond acceptors (Lipinski definition) is 2. The summed E-state index contributed by atoms with van der Waals surface area (Å²) in [7, 11) is 0. The van der Waals surface area contributed by atoms with Crippen LogP contribution in [0.15, 0.2) is 60.7 Å². The average Bonchev–Trinajstić information content (AvgIpc) is 2.63. The second-order valence-electron chi connectivity index (χ2n) is 6.42. The minimum Gasteiger partial charge on any atom is -0.348 e.